The third kappa shape index (κ3) is 4.16. The Morgan fingerprint density at radius 1 is 0.778 bits per heavy atom. The molecule has 0 atom stereocenters. The van der Waals surface area contributed by atoms with Gasteiger partial charge in [0.2, 0.25) is 0 Å². The maximum absolute atomic E-state index is 11.2. The quantitative estimate of drug-likeness (QED) is 0.554. The molecule has 3 rings (SSSR count). The van der Waals surface area contributed by atoms with Gasteiger partial charge in [-0.15, -0.1) is 0 Å². The van der Waals surface area contributed by atoms with Crippen molar-refractivity contribution in [1.82, 2.24) is 0 Å². The lowest BCUT2D eigenvalue weighted by molar-refractivity contribution is 0.243. The molecule has 140 valence electrons. The number of phenolic OH excluding ortho intramolecular Hbond substituents is 1. The van der Waals surface area contributed by atoms with Gasteiger partial charge >= 0.3 is 0 Å². The minimum absolute atomic E-state index is 0.0418. The van der Waals surface area contributed by atoms with Gasteiger partial charge in [-0.1, -0.05) is 69.3 Å². The molecule has 0 heterocycles. The van der Waals surface area contributed by atoms with Crippen LogP contribution in [-0.2, 0) is 5.41 Å². The third-order valence-corrected chi connectivity index (χ3v) is 4.60. The van der Waals surface area contributed by atoms with Crippen LogP contribution in [0.1, 0.15) is 40.2 Å². The van der Waals surface area contributed by atoms with Crippen LogP contribution in [0.2, 0.25) is 0 Å². The molecule has 0 saturated heterocycles. The van der Waals surface area contributed by atoms with E-state index in [0.29, 0.717) is 0 Å². The highest BCUT2D eigenvalue weighted by molar-refractivity contribution is 5.85. The van der Waals surface area contributed by atoms with Crippen molar-refractivity contribution in [3.05, 3.63) is 72.3 Å². The molecule has 0 aliphatic carbocycles. The van der Waals surface area contributed by atoms with Gasteiger partial charge in [0.1, 0.15) is 11.5 Å². The maximum atomic E-state index is 11.2. The van der Waals surface area contributed by atoms with Gasteiger partial charge in [-0.3, -0.25) is 0 Å². The van der Waals surface area contributed by atoms with E-state index in [1.807, 2.05) is 68.4 Å². The fourth-order valence-corrected chi connectivity index (χ4v) is 3.16. The first-order valence-corrected chi connectivity index (χ1v) is 9.46. The van der Waals surface area contributed by atoms with E-state index in [1.165, 1.54) is 5.56 Å². The normalized spacial score (nSPS) is 11.6. The van der Waals surface area contributed by atoms with Crippen LogP contribution in [0.3, 0.4) is 0 Å². The zero-order chi connectivity index (χ0) is 19.6. The number of ether oxygens (including phenoxy) is 1. The summed E-state index contributed by atoms with van der Waals surface area (Å²) in [5.41, 5.74) is 4.69. The van der Waals surface area contributed by atoms with Gasteiger partial charge in [0, 0.05) is 16.7 Å². The van der Waals surface area contributed by atoms with Crippen LogP contribution in [-0.4, -0.2) is 11.2 Å². The Morgan fingerprint density at radius 2 is 1.37 bits per heavy atom. The van der Waals surface area contributed by atoms with Gasteiger partial charge in [-0.25, -0.2) is 0 Å². The molecular weight excluding hydrogens is 332 g/mol. The van der Waals surface area contributed by atoms with Crippen LogP contribution in [0.15, 0.2) is 66.7 Å². The van der Waals surface area contributed by atoms with Gasteiger partial charge in [-0.05, 0) is 48.6 Å². The molecule has 3 aromatic rings. The molecule has 0 unspecified atom stereocenters. The lowest BCUT2D eigenvalue weighted by atomic mass is 9.82. The van der Waals surface area contributed by atoms with E-state index in [2.05, 4.69) is 32.9 Å². The fourth-order valence-electron chi connectivity index (χ4n) is 3.16. The van der Waals surface area contributed by atoms with Crippen LogP contribution in [0.25, 0.3) is 22.3 Å². The highest BCUT2D eigenvalue weighted by Gasteiger charge is 2.21. The summed E-state index contributed by atoms with van der Waals surface area (Å²) in [6.07, 6.45) is 0.0627. The number of rotatable bonds is 4. The van der Waals surface area contributed by atoms with Crippen LogP contribution >= 0.6 is 0 Å². The Morgan fingerprint density at radius 3 is 2.00 bits per heavy atom. The minimum atomic E-state index is -0.0418. The number of benzene rings is 3. The van der Waals surface area contributed by atoms with E-state index in [0.717, 1.165) is 28.0 Å². The zero-order valence-corrected chi connectivity index (χ0v) is 16.8. The van der Waals surface area contributed by atoms with Crippen molar-refractivity contribution >= 4 is 0 Å². The van der Waals surface area contributed by atoms with Gasteiger partial charge in [0.25, 0.3) is 0 Å². The standard InChI is InChI=1S/C25H28O2/c1-17(2)27-23-14-10-9-13-20(23)22-16-19(25(3,4)5)15-21(24(22)26)18-11-7-6-8-12-18/h6-17,26H,1-5H3. The molecule has 0 spiro atoms. The molecule has 0 aliphatic rings. The molecule has 0 aromatic heterocycles. The molecule has 27 heavy (non-hydrogen) atoms. The summed E-state index contributed by atoms with van der Waals surface area (Å²) in [6.45, 7) is 10.6. The molecule has 0 aliphatic heterocycles. The van der Waals surface area contributed by atoms with E-state index in [-0.39, 0.29) is 17.3 Å². The lowest BCUT2D eigenvalue weighted by Crippen LogP contribution is -2.12. The van der Waals surface area contributed by atoms with Crippen molar-refractivity contribution < 1.29 is 9.84 Å². The first-order chi connectivity index (χ1) is 12.8. The monoisotopic (exact) mass is 360 g/mol. The van der Waals surface area contributed by atoms with Crippen molar-refractivity contribution in [2.45, 2.75) is 46.1 Å². The fraction of sp³-hybridized carbons (Fsp3) is 0.280. The maximum Gasteiger partial charge on any atom is 0.131 e. The Bertz CT molecular complexity index is 919. The molecule has 0 saturated carbocycles. The molecule has 1 N–H and O–H groups in total. The third-order valence-electron chi connectivity index (χ3n) is 4.60. The average molecular weight is 360 g/mol. The molecule has 0 amide bonds. The van der Waals surface area contributed by atoms with Crippen molar-refractivity contribution in [2.24, 2.45) is 0 Å². The Hall–Kier alpha value is -2.74. The molecule has 0 radical (unpaired) electrons. The van der Waals surface area contributed by atoms with Gasteiger partial charge in [-0.2, -0.15) is 0 Å². The summed E-state index contributed by atoms with van der Waals surface area (Å²) < 4.78 is 6.01. The molecular formula is C25H28O2. The van der Waals surface area contributed by atoms with Gasteiger partial charge in [0.05, 0.1) is 6.10 Å². The number of hydrogen-bond acceptors (Lipinski definition) is 2. The van der Waals surface area contributed by atoms with E-state index in [9.17, 15) is 5.11 Å². The number of phenols is 1. The smallest absolute Gasteiger partial charge is 0.131 e. The first kappa shape index (κ1) is 19.0. The van der Waals surface area contributed by atoms with E-state index < -0.39 is 0 Å². The largest absolute Gasteiger partial charge is 0.507 e. The second-order valence-electron chi connectivity index (χ2n) is 8.20. The van der Waals surface area contributed by atoms with Crippen LogP contribution < -0.4 is 4.74 Å². The summed E-state index contributed by atoms with van der Waals surface area (Å²) in [5, 5.41) is 11.2. The highest BCUT2D eigenvalue weighted by Crippen LogP contribution is 2.44. The predicted octanol–water partition coefficient (Wildman–Crippen LogP) is 6.81. The first-order valence-electron chi connectivity index (χ1n) is 9.46. The predicted molar refractivity (Wildman–Crippen MR) is 113 cm³/mol. The summed E-state index contributed by atoms with van der Waals surface area (Å²) >= 11 is 0. The van der Waals surface area contributed by atoms with Crippen molar-refractivity contribution in [3.8, 4) is 33.8 Å². The lowest BCUT2D eigenvalue weighted by Gasteiger charge is -2.23. The zero-order valence-electron chi connectivity index (χ0n) is 16.8. The molecule has 0 bridgehead atoms. The van der Waals surface area contributed by atoms with Crippen LogP contribution in [0.5, 0.6) is 11.5 Å². The number of para-hydroxylation sites is 1. The second-order valence-corrected chi connectivity index (χ2v) is 8.20. The Kier molecular flexibility index (Phi) is 5.27. The topological polar surface area (TPSA) is 29.5 Å². The molecule has 2 heteroatoms. The van der Waals surface area contributed by atoms with Crippen LogP contribution in [0, 0.1) is 0 Å². The second kappa shape index (κ2) is 7.48. The van der Waals surface area contributed by atoms with Gasteiger partial charge in [0.15, 0.2) is 0 Å². The summed E-state index contributed by atoms with van der Waals surface area (Å²) in [6, 6.07) is 22.1. The Balaban J connectivity index is 2.28. The Labute approximate surface area is 162 Å². The number of hydrogen-bond donors (Lipinski definition) is 1. The summed E-state index contributed by atoms with van der Waals surface area (Å²) in [4.78, 5) is 0. The molecule has 3 aromatic carbocycles. The van der Waals surface area contributed by atoms with Gasteiger partial charge < -0.3 is 9.84 Å². The molecule has 2 nitrogen and oxygen atoms in total. The van der Waals surface area contributed by atoms with Crippen molar-refractivity contribution in [2.75, 3.05) is 0 Å². The van der Waals surface area contributed by atoms with Crippen molar-refractivity contribution in [1.29, 1.82) is 0 Å². The van der Waals surface area contributed by atoms with E-state index in [4.69, 9.17) is 4.74 Å². The van der Waals surface area contributed by atoms with E-state index in [1.54, 1.807) is 0 Å². The summed E-state index contributed by atoms with van der Waals surface area (Å²) in [5.74, 6) is 1.07. The highest BCUT2D eigenvalue weighted by atomic mass is 16.5. The number of aromatic hydroxyl groups is 1. The summed E-state index contributed by atoms with van der Waals surface area (Å²) in [7, 11) is 0. The molecule has 0 fully saturated rings. The van der Waals surface area contributed by atoms with E-state index >= 15 is 0 Å². The average Bonchev–Trinajstić information content (AvgIpc) is 2.62. The SMILES string of the molecule is CC(C)Oc1ccccc1-c1cc(C(C)(C)C)cc(-c2ccccc2)c1O. The minimum Gasteiger partial charge on any atom is -0.507 e. The van der Waals surface area contributed by atoms with Crippen molar-refractivity contribution in [3.63, 3.8) is 0 Å². The van der Waals surface area contributed by atoms with Crippen LogP contribution in [0.4, 0.5) is 0 Å².